The van der Waals surface area contributed by atoms with Gasteiger partial charge in [0.1, 0.15) is 0 Å². The van der Waals surface area contributed by atoms with E-state index in [2.05, 4.69) is 56.1 Å². The van der Waals surface area contributed by atoms with Gasteiger partial charge in [-0.05, 0) is 17.0 Å². The Hall–Kier alpha value is -1.68. The summed E-state index contributed by atoms with van der Waals surface area (Å²) in [5, 5.41) is 7.33. The van der Waals surface area contributed by atoms with Crippen molar-refractivity contribution in [3.63, 3.8) is 0 Å². The number of hydrogen-bond donors (Lipinski definition) is 1. The maximum absolute atomic E-state index is 5.42. The van der Waals surface area contributed by atoms with E-state index in [1.807, 2.05) is 18.2 Å². The van der Waals surface area contributed by atoms with Gasteiger partial charge >= 0.3 is 0 Å². The van der Waals surface area contributed by atoms with Gasteiger partial charge in [-0.25, -0.2) is 0 Å². The highest BCUT2D eigenvalue weighted by molar-refractivity contribution is 5.60. The van der Waals surface area contributed by atoms with Crippen molar-refractivity contribution < 1.29 is 4.52 Å². The van der Waals surface area contributed by atoms with Crippen LogP contribution < -0.4 is 5.32 Å². The maximum atomic E-state index is 5.42. The Bertz CT molecular complexity index is 567. The summed E-state index contributed by atoms with van der Waals surface area (Å²) in [5.41, 5.74) is 2.27. The Morgan fingerprint density at radius 2 is 1.90 bits per heavy atom. The van der Waals surface area contributed by atoms with Gasteiger partial charge in [0, 0.05) is 11.6 Å². The van der Waals surface area contributed by atoms with Crippen LogP contribution in [0.5, 0.6) is 0 Å². The summed E-state index contributed by atoms with van der Waals surface area (Å²) in [6.45, 7) is 11.4. The van der Waals surface area contributed by atoms with Gasteiger partial charge in [-0.3, -0.25) is 0 Å². The molecule has 0 saturated carbocycles. The Balaban J connectivity index is 2.29. The fourth-order valence-corrected chi connectivity index (χ4v) is 2.05. The highest BCUT2D eigenvalue weighted by Gasteiger charge is 2.21. The summed E-state index contributed by atoms with van der Waals surface area (Å²) < 4.78 is 5.42. The van der Waals surface area contributed by atoms with E-state index in [0.29, 0.717) is 24.3 Å². The van der Waals surface area contributed by atoms with E-state index in [-0.39, 0.29) is 5.41 Å². The molecule has 1 heterocycles. The Morgan fingerprint density at radius 3 is 2.55 bits per heavy atom. The molecule has 4 heteroatoms. The fraction of sp³-hybridized carbons (Fsp3) is 0.500. The topological polar surface area (TPSA) is 51.0 Å². The third-order valence-electron chi connectivity index (χ3n) is 3.10. The van der Waals surface area contributed by atoms with Crippen LogP contribution in [0, 0.1) is 0 Å². The molecule has 1 aromatic carbocycles. The first kappa shape index (κ1) is 14.7. The summed E-state index contributed by atoms with van der Waals surface area (Å²) in [6, 6.07) is 8.60. The molecule has 0 aliphatic rings. The summed E-state index contributed by atoms with van der Waals surface area (Å²) in [7, 11) is 0. The minimum atomic E-state index is 0.0431. The molecular weight excluding hydrogens is 250 g/mol. The van der Waals surface area contributed by atoms with E-state index < -0.39 is 0 Å². The Labute approximate surface area is 120 Å². The first-order valence-electron chi connectivity index (χ1n) is 7.04. The van der Waals surface area contributed by atoms with Crippen molar-refractivity contribution in [2.75, 3.05) is 0 Å². The molecule has 1 N–H and O–H groups in total. The second-order valence-electron chi connectivity index (χ2n) is 6.35. The van der Waals surface area contributed by atoms with E-state index in [1.165, 1.54) is 5.56 Å². The minimum absolute atomic E-state index is 0.0431. The molecule has 1 aromatic heterocycles. The van der Waals surface area contributed by atoms with Crippen LogP contribution in [0.15, 0.2) is 28.8 Å². The van der Waals surface area contributed by atoms with Crippen molar-refractivity contribution in [1.29, 1.82) is 0 Å². The molecule has 0 atom stereocenters. The van der Waals surface area contributed by atoms with Gasteiger partial charge < -0.3 is 9.84 Å². The van der Waals surface area contributed by atoms with Gasteiger partial charge in [-0.1, -0.05) is 58.0 Å². The number of rotatable bonds is 4. The van der Waals surface area contributed by atoms with Crippen LogP contribution in [-0.4, -0.2) is 16.2 Å². The molecule has 0 unspecified atom stereocenters. The van der Waals surface area contributed by atoms with Crippen molar-refractivity contribution in [1.82, 2.24) is 15.5 Å². The van der Waals surface area contributed by atoms with Crippen LogP contribution in [0.3, 0.4) is 0 Å². The summed E-state index contributed by atoms with van der Waals surface area (Å²) >= 11 is 0. The largest absolute Gasteiger partial charge is 0.334 e. The highest BCUT2D eigenvalue weighted by atomic mass is 16.5. The zero-order chi connectivity index (χ0) is 14.8. The van der Waals surface area contributed by atoms with E-state index in [9.17, 15) is 0 Å². The molecule has 0 saturated heterocycles. The lowest BCUT2D eigenvalue weighted by atomic mass is 9.84. The van der Waals surface area contributed by atoms with Crippen LogP contribution in [0.4, 0.5) is 0 Å². The molecule has 2 rings (SSSR count). The molecule has 2 aromatic rings. The third-order valence-corrected chi connectivity index (χ3v) is 3.10. The van der Waals surface area contributed by atoms with Crippen LogP contribution >= 0.6 is 0 Å². The Kier molecular flexibility index (Phi) is 4.23. The summed E-state index contributed by atoms with van der Waals surface area (Å²) in [4.78, 5) is 4.49. The fourth-order valence-electron chi connectivity index (χ4n) is 2.05. The number of benzene rings is 1. The molecule has 0 aliphatic heterocycles. The van der Waals surface area contributed by atoms with E-state index in [4.69, 9.17) is 4.52 Å². The monoisotopic (exact) mass is 273 g/mol. The molecule has 108 valence electrons. The first-order chi connectivity index (χ1) is 9.38. The van der Waals surface area contributed by atoms with Crippen LogP contribution in [-0.2, 0) is 12.0 Å². The van der Waals surface area contributed by atoms with E-state index in [0.717, 1.165) is 5.56 Å². The number of aromatic nitrogens is 2. The molecule has 0 fully saturated rings. The van der Waals surface area contributed by atoms with Crippen molar-refractivity contribution in [3.8, 4) is 11.5 Å². The second kappa shape index (κ2) is 5.75. The predicted octanol–water partition coefficient (Wildman–Crippen LogP) is 3.53. The van der Waals surface area contributed by atoms with Crippen LogP contribution in [0.2, 0.25) is 0 Å². The normalized spacial score (nSPS) is 12.1. The molecule has 4 nitrogen and oxygen atoms in total. The molecule has 0 amide bonds. The average molecular weight is 273 g/mol. The van der Waals surface area contributed by atoms with Gasteiger partial charge in [0.05, 0.1) is 6.54 Å². The molecule has 20 heavy (non-hydrogen) atoms. The van der Waals surface area contributed by atoms with Gasteiger partial charge in [-0.2, -0.15) is 4.98 Å². The first-order valence-corrected chi connectivity index (χ1v) is 7.04. The molecular formula is C16H23N3O. The minimum Gasteiger partial charge on any atom is -0.334 e. The zero-order valence-corrected chi connectivity index (χ0v) is 12.9. The van der Waals surface area contributed by atoms with Gasteiger partial charge in [-0.15, -0.1) is 0 Å². The lowest BCUT2D eigenvalue weighted by Crippen LogP contribution is -2.22. The lowest BCUT2D eigenvalue weighted by Gasteiger charge is -2.21. The standard InChI is InChI=1S/C16H23N3O/c1-11(2)17-10-14-18-15(20-19-14)12-8-6-7-9-13(12)16(3,4)5/h6-9,11,17H,10H2,1-5H3. The number of nitrogens with zero attached hydrogens (tertiary/aromatic N) is 2. The van der Waals surface area contributed by atoms with E-state index in [1.54, 1.807) is 0 Å². The van der Waals surface area contributed by atoms with Gasteiger partial charge in [0.15, 0.2) is 5.82 Å². The zero-order valence-electron chi connectivity index (χ0n) is 12.9. The summed E-state index contributed by atoms with van der Waals surface area (Å²) in [5.74, 6) is 1.29. The van der Waals surface area contributed by atoms with Gasteiger partial charge in [0.25, 0.3) is 5.89 Å². The lowest BCUT2D eigenvalue weighted by molar-refractivity contribution is 0.416. The highest BCUT2D eigenvalue weighted by Crippen LogP contribution is 2.31. The third kappa shape index (κ3) is 3.45. The van der Waals surface area contributed by atoms with Crippen molar-refractivity contribution >= 4 is 0 Å². The van der Waals surface area contributed by atoms with Crippen molar-refractivity contribution in [2.45, 2.75) is 52.6 Å². The van der Waals surface area contributed by atoms with Crippen molar-refractivity contribution in [2.24, 2.45) is 0 Å². The van der Waals surface area contributed by atoms with E-state index >= 15 is 0 Å². The SMILES string of the molecule is CC(C)NCc1noc(-c2ccccc2C(C)(C)C)n1. The summed E-state index contributed by atoms with van der Waals surface area (Å²) in [6.07, 6.45) is 0. The second-order valence-corrected chi connectivity index (χ2v) is 6.35. The Morgan fingerprint density at radius 1 is 1.20 bits per heavy atom. The maximum Gasteiger partial charge on any atom is 0.258 e. The quantitative estimate of drug-likeness (QED) is 0.925. The van der Waals surface area contributed by atoms with Crippen molar-refractivity contribution in [3.05, 3.63) is 35.7 Å². The smallest absolute Gasteiger partial charge is 0.258 e. The number of hydrogen-bond acceptors (Lipinski definition) is 4. The number of nitrogens with one attached hydrogen (secondary N) is 1. The molecule has 0 bridgehead atoms. The molecule has 0 radical (unpaired) electrons. The van der Waals surface area contributed by atoms with Crippen LogP contribution in [0.25, 0.3) is 11.5 Å². The molecule has 0 spiro atoms. The van der Waals surface area contributed by atoms with Gasteiger partial charge in [0.2, 0.25) is 0 Å². The predicted molar refractivity (Wildman–Crippen MR) is 80.4 cm³/mol. The average Bonchev–Trinajstić information content (AvgIpc) is 2.84. The van der Waals surface area contributed by atoms with Crippen LogP contribution in [0.1, 0.15) is 46.0 Å². The molecule has 0 aliphatic carbocycles.